The van der Waals surface area contributed by atoms with Gasteiger partial charge in [-0.05, 0) is 18.5 Å². The number of thiocarbonyl (C=S) groups is 1. The van der Waals surface area contributed by atoms with Crippen LogP contribution in [0.3, 0.4) is 0 Å². The lowest BCUT2D eigenvalue weighted by Gasteiger charge is -2.36. The Morgan fingerprint density at radius 2 is 2.06 bits per heavy atom. The van der Waals surface area contributed by atoms with E-state index in [9.17, 15) is 10.2 Å². The van der Waals surface area contributed by atoms with Gasteiger partial charge in [-0.15, -0.1) is 0 Å². The third-order valence-corrected chi connectivity index (χ3v) is 5.32. The second kappa shape index (κ2) is 4.29. The van der Waals surface area contributed by atoms with Crippen LogP contribution in [0.15, 0.2) is 0 Å². The summed E-state index contributed by atoms with van der Waals surface area (Å²) in [4.78, 5) is 0. The summed E-state index contributed by atoms with van der Waals surface area (Å²) >= 11 is 6.26. The first-order valence-electron chi connectivity index (χ1n) is 5.60. The smallest absolute Gasteiger partial charge is 0.220 e. The highest BCUT2D eigenvalue weighted by molar-refractivity contribution is 8.22. The zero-order chi connectivity index (χ0) is 13.8. The normalized spacial score (nSPS) is 45.2. The molecule has 7 heteroatoms. The average Bonchev–Trinajstić information content (AvgIpc) is 2.69. The summed E-state index contributed by atoms with van der Waals surface area (Å²) in [5, 5.41) is 21.2. The van der Waals surface area contributed by atoms with E-state index in [0.29, 0.717) is 0 Å². The summed E-state index contributed by atoms with van der Waals surface area (Å²) in [6.45, 7) is 3.56. The van der Waals surface area contributed by atoms with E-state index in [1.165, 1.54) is 18.9 Å². The van der Waals surface area contributed by atoms with Crippen LogP contribution in [-0.4, -0.2) is 58.2 Å². The van der Waals surface area contributed by atoms with Crippen molar-refractivity contribution in [3.05, 3.63) is 0 Å². The van der Waals surface area contributed by atoms with Gasteiger partial charge >= 0.3 is 0 Å². The first kappa shape index (κ1) is 14.5. The molecule has 0 aromatic rings. The van der Waals surface area contributed by atoms with E-state index in [-0.39, 0.29) is 11.0 Å². The topological polar surface area (TPSA) is 68.2 Å². The molecular formula is C11H18O5S2. The van der Waals surface area contributed by atoms with Crippen molar-refractivity contribution in [1.82, 2.24) is 0 Å². The number of fused-ring (bicyclic) bond motifs is 1. The summed E-state index contributed by atoms with van der Waals surface area (Å²) in [6.07, 6.45) is 0.195. The van der Waals surface area contributed by atoms with E-state index >= 15 is 0 Å². The van der Waals surface area contributed by atoms with E-state index in [1.807, 2.05) is 0 Å². The van der Waals surface area contributed by atoms with Crippen LogP contribution in [0.2, 0.25) is 0 Å². The van der Waals surface area contributed by atoms with Crippen molar-refractivity contribution in [2.45, 2.75) is 37.4 Å². The minimum Gasteiger partial charge on any atom is -0.467 e. The number of hydrogen-bond acceptors (Lipinski definition) is 7. The molecule has 4 atom stereocenters. The van der Waals surface area contributed by atoms with Crippen molar-refractivity contribution in [2.24, 2.45) is 5.41 Å². The summed E-state index contributed by atoms with van der Waals surface area (Å²) in [5.74, 6) is 0. The minimum absolute atomic E-state index is 0.0148. The third kappa shape index (κ3) is 1.52. The fraction of sp³-hybridized carbons (Fsp3) is 0.909. The third-order valence-electron chi connectivity index (χ3n) is 4.29. The first-order chi connectivity index (χ1) is 8.26. The zero-order valence-electron chi connectivity index (χ0n) is 10.8. The van der Waals surface area contributed by atoms with E-state index in [2.05, 4.69) is 0 Å². The van der Waals surface area contributed by atoms with Crippen LogP contribution in [0.5, 0.6) is 0 Å². The van der Waals surface area contributed by atoms with Gasteiger partial charge in [0.2, 0.25) is 4.38 Å². The van der Waals surface area contributed by atoms with Gasteiger partial charge in [-0.2, -0.15) is 0 Å². The van der Waals surface area contributed by atoms with Gasteiger partial charge in [0.15, 0.2) is 12.4 Å². The highest BCUT2D eigenvalue weighted by Gasteiger charge is 2.89. The molecule has 1 aliphatic carbocycles. The fourth-order valence-electron chi connectivity index (χ4n) is 2.81. The highest BCUT2D eigenvalue weighted by Crippen LogP contribution is 2.69. The van der Waals surface area contributed by atoms with Gasteiger partial charge in [0.1, 0.15) is 11.2 Å². The predicted molar refractivity (Wildman–Crippen MR) is 71.4 cm³/mol. The minimum atomic E-state index is -1.42. The maximum Gasteiger partial charge on any atom is 0.220 e. The van der Waals surface area contributed by atoms with Gasteiger partial charge in [0, 0.05) is 12.5 Å². The second-order valence-corrected chi connectivity index (χ2v) is 6.57. The summed E-state index contributed by atoms with van der Waals surface area (Å²) in [7, 11) is 1.46. The quantitative estimate of drug-likeness (QED) is 0.720. The average molecular weight is 294 g/mol. The molecule has 0 bridgehead atoms. The Hall–Kier alpha value is 0.0800. The Kier molecular flexibility index (Phi) is 3.45. The second-order valence-electron chi connectivity index (χ2n) is 5.16. The molecule has 1 saturated heterocycles. The van der Waals surface area contributed by atoms with Crippen molar-refractivity contribution in [3.63, 3.8) is 0 Å². The van der Waals surface area contributed by atoms with Crippen LogP contribution >= 0.6 is 24.0 Å². The Morgan fingerprint density at radius 3 is 2.56 bits per heavy atom. The van der Waals surface area contributed by atoms with Crippen LogP contribution in [0.1, 0.15) is 13.8 Å². The molecule has 0 aromatic carbocycles. The molecule has 5 nitrogen and oxygen atoms in total. The SMILES string of the molecule is CO[C@H]1OC[C@@]2(O)C(C)(C)[C@@]2(O)[C@H]1OC(=S)SC. The van der Waals surface area contributed by atoms with Gasteiger partial charge in [-0.3, -0.25) is 0 Å². The van der Waals surface area contributed by atoms with Gasteiger partial charge in [0.25, 0.3) is 0 Å². The fourth-order valence-corrected chi connectivity index (χ4v) is 3.11. The number of methoxy groups -OCH3 is 1. The van der Waals surface area contributed by atoms with E-state index in [1.54, 1.807) is 20.1 Å². The lowest BCUT2D eigenvalue weighted by atomic mass is 10.0. The van der Waals surface area contributed by atoms with Crippen LogP contribution in [0.25, 0.3) is 0 Å². The molecule has 0 radical (unpaired) electrons. The van der Waals surface area contributed by atoms with Gasteiger partial charge in [0.05, 0.1) is 6.61 Å². The van der Waals surface area contributed by atoms with Crippen molar-refractivity contribution < 1.29 is 24.4 Å². The molecule has 1 heterocycles. The van der Waals surface area contributed by atoms with Gasteiger partial charge in [-0.25, -0.2) is 0 Å². The molecule has 0 amide bonds. The maximum atomic E-state index is 10.7. The van der Waals surface area contributed by atoms with Crippen molar-refractivity contribution in [2.75, 3.05) is 20.0 Å². The molecule has 104 valence electrons. The molecule has 2 rings (SSSR count). The number of thioether (sulfide) groups is 1. The number of hydrogen-bond donors (Lipinski definition) is 2. The van der Waals surface area contributed by atoms with Crippen LogP contribution in [0, 0.1) is 5.41 Å². The lowest BCUT2D eigenvalue weighted by molar-refractivity contribution is -0.257. The largest absolute Gasteiger partial charge is 0.467 e. The van der Waals surface area contributed by atoms with Crippen LogP contribution < -0.4 is 0 Å². The first-order valence-corrected chi connectivity index (χ1v) is 7.23. The molecule has 1 aliphatic heterocycles. The Bertz CT molecular complexity index is 374. The van der Waals surface area contributed by atoms with E-state index in [4.69, 9.17) is 26.4 Å². The number of aliphatic hydroxyl groups is 2. The molecule has 2 aliphatic rings. The molecule has 0 spiro atoms. The molecule has 0 aromatic heterocycles. The monoisotopic (exact) mass is 294 g/mol. The molecule has 1 saturated carbocycles. The molecular weight excluding hydrogens is 276 g/mol. The molecule has 18 heavy (non-hydrogen) atoms. The molecule has 2 fully saturated rings. The van der Waals surface area contributed by atoms with Crippen molar-refractivity contribution in [3.8, 4) is 0 Å². The molecule has 2 N–H and O–H groups in total. The van der Waals surface area contributed by atoms with Crippen LogP contribution in [-0.2, 0) is 14.2 Å². The van der Waals surface area contributed by atoms with Crippen molar-refractivity contribution >= 4 is 28.4 Å². The van der Waals surface area contributed by atoms with Crippen LogP contribution in [0.4, 0.5) is 0 Å². The Labute approximate surface area is 116 Å². The van der Waals surface area contributed by atoms with Gasteiger partial charge < -0.3 is 24.4 Å². The summed E-state index contributed by atoms with van der Waals surface area (Å²) < 4.78 is 16.4. The Morgan fingerprint density at radius 1 is 1.44 bits per heavy atom. The standard InChI is InChI=1S/C11H18O5S2/c1-9(2)10(12)5-15-7(14-3)6(11(9,10)13)16-8(17)18-4/h6-7,12-13H,5H2,1-4H3/t6-,7-,10+,11-/m0/s1. The van der Waals surface area contributed by atoms with E-state index in [0.717, 1.165) is 0 Å². The maximum absolute atomic E-state index is 10.7. The summed E-state index contributed by atoms with van der Waals surface area (Å²) in [5.41, 5.74) is -3.47. The van der Waals surface area contributed by atoms with Crippen molar-refractivity contribution in [1.29, 1.82) is 0 Å². The zero-order valence-corrected chi connectivity index (χ0v) is 12.4. The van der Waals surface area contributed by atoms with E-state index < -0.39 is 29.0 Å². The van der Waals surface area contributed by atoms with Gasteiger partial charge in [-0.1, -0.05) is 25.6 Å². The number of ether oxygens (including phenoxy) is 3. The molecule has 0 unspecified atom stereocenters. The lowest BCUT2D eigenvalue weighted by Crippen LogP contribution is -2.55. The Balaban J connectivity index is 2.30. The predicted octanol–water partition coefficient (Wildman–Crippen LogP) is 0.524. The summed E-state index contributed by atoms with van der Waals surface area (Å²) in [6, 6.07) is 0. The highest BCUT2D eigenvalue weighted by atomic mass is 32.2. The number of rotatable bonds is 2.